The first-order valence-electron chi connectivity index (χ1n) is 7.80. The summed E-state index contributed by atoms with van der Waals surface area (Å²) < 4.78 is 4.69. The van der Waals surface area contributed by atoms with Crippen LogP contribution < -0.4 is 10.6 Å². The summed E-state index contributed by atoms with van der Waals surface area (Å²) in [6, 6.07) is 4.69. The van der Waals surface area contributed by atoms with Gasteiger partial charge in [-0.1, -0.05) is 11.6 Å². The molecule has 1 heterocycles. The molecule has 0 unspecified atom stereocenters. The number of anilines is 2. The number of esters is 1. The highest BCUT2D eigenvalue weighted by molar-refractivity contribution is 6.33. The lowest BCUT2D eigenvalue weighted by Gasteiger charge is -2.11. The number of carbonyl (C=O) groups is 2. The molecule has 0 saturated heterocycles. The number of halogens is 1. The molecule has 0 spiro atoms. The van der Waals surface area contributed by atoms with E-state index in [1.54, 1.807) is 18.2 Å². The number of amides is 1. The highest BCUT2D eigenvalue weighted by atomic mass is 35.5. The van der Waals surface area contributed by atoms with Crippen LogP contribution in [-0.2, 0) is 4.74 Å². The van der Waals surface area contributed by atoms with Crippen molar-refractivity contribution in [1.29, 1.82) is 0 Å². The standard InChI is InChI=1S/C17H20ClN5O3/c1-23(2)7-6-19-16(24)14-9-21-15(10-20-14)22-13-8-11(17(25)26-3)4-5-12(13)18/h4-5,8-10H,6-7H2,1-3H3,(H,19,24)(H,21,22). The number of carbonyl (C=O) groups excluding carboxylic acids is 2. The van der Waals surface area contributed by atoms with Crippen molar-refractivity contribution in [3.05, 3.63) is 46.9 Å². The van der Waals surface area contributed by atoms with Crippen LogP contribution in [0.2, 0.25) is 5.02 Å². The largest absolute Gasteiger partial charge is 0.465 e. The molecule has 0 saturated carbocycles. The van der Waals surface area contributed by atoms with Gasteiger partial charge in [0.15, 0.2) is 0 Å². The quantitative estimate of drug-likeness (QED) is 0.712. The van der Waals surface area contributed by atoms with E-state index in [9.17, 15) is 9.59 Å². The van der Waals surface area contributed by atoms with Crippen molar-refractivity contribution < 1.29 is 14.3 Å². The van der Waals surface area contributed by atoms with Crippen LogP contribution in [-0.4, -0.2) is 61.0 Å². The van der Waals surface area contributed by atoms with E-state index in [0.717, 1.165) is 6.54 Å². The van der Waals surface area contributed by atoms with Gasteiger partial charge in [0.2, 0.25) is 0 Å². The van der Waals surface area contributed by atoms with Gasteiger partial charge in [0.05, 0.1) is 35.8 Å². The predicted molar refractivity (Wildman–Crippen MR) is 99.0 cm³/mol. The normalized spacial score (nSPS) is 10.5. The molecule has 26 heavy (non-hydrogen) atoms. The number of aromatic nitrogens is 2. The molecular weight excluding hydrogens is 358 g/mol. The topological polar surface area (TPSA) is 96.4 Å². The van der Waals surface area contributed by atoms with Crippen LogP contribution in [0.5, 0.6) is 0 Å². The Kier molecular flexibility index (Phi) is 6.88. The number of nitrogens with zero attached hydrogens (tertiary/aromatic N) is 3. The van der Waals surface area contributed by atoms with Gasteiger partial charge in [0, 0.05) is 13.1 Å². The Morgan fingerprint density at radius 1 is 1.23 bits per heavy atom. The Morgan fingerprint density at radius 2 is 2.00 bits per heavy atom. The molecule has 9 heteroatoms. The molecule has 2 N–H and O–H groups in total. The lowest BCUT2D eigenvalue weighted by atomic mass is 10.2. The average molecular weight is 378 g/mol. The van der Waals surface area contributed by atoms with Crippen LogP contribution in [0.1, 0.15) is 20.8 Å². The first-order valence-corrected chi connectivity index (χ1v) is 8.18. The van der Waals surface area contributed by atoms with Crippen molar-refractivity contribution in [3.8, 4) is 0 Å². The number of nitrogens with one attached hydrogen (secondary N) is 2. The minimum atomic E-state index is -0.472. The molecule has 0 atom stereocenters. The maximum atomic E-state index is 12.0. The first-order chi connectivity index (χ1) is 12.4. The number of rotatable bonds is 7. The minimum absolute atomic E-state index is 0.212. The molecule has 0 aliphatic heterocycles. The fourth-order valence-corrected chi connectivity index (χ4v) is 2.16. The Bertz CT molecular complexity index is 780. The molecule has 2 aromatic rings. The van der Waals surface area contributed by atoms with E-state index in [1.165, 1.54) is 19.5 Å². The summed E-state index contributed by atoms with van der Waals surface area (Å²) in [7, 11) is 5.15. The third-order valence-electron chi connectivity index (χ3n) is 3.38. The zero-order valence-corrected chi connectivity index (χ0v) is 15.5. The smallest absolute Gasteiger partial charge is 0.337 e. The van der Waals surface area contributed by atoms with E-state index in [4.69, 9.17) is 11.6 Å². The molecule has 1 amide bonds. The van der Waals surface area contributed by atoms with Crippen molar-refractivity contribution in [3.63, 3.8) is 0 Å². The van der Waals surface area contributed by atoms with Gasteiger partial charge in [-0.2, -0.15) is 0 Å². The van der Waals surface area contributed by atoms with E-state index in [2.05, 4.69) is 25.3 Å². The van der Waals surface area contributed by atoms with Gasteiger partial charge in [-0.15, -0.1) is 0 Å². The van der Waals surface area contributed by atoms with Crippen LogP contribution in [0.15, 0.2) is 30.6 Å². The summed E-state index contributed by atoms with van der Waals surface area (Å²) in [5, 5.41) is 6.13. The first kappa shape index (κ1) is 19.6. The molecule has 0 bridgehead atoms. The Labute approximate surface area is 156 Å². The zero-order chi connectivity index (χ0) is 19.1. The van der Waals surface area contributed by atoms with Gasteiger partial charge in [-0.05, 0) is 32.3 Å². The van der Waals surface area contributed by atoms with Crippen molar-refractivity contribution in [2.75, 3.05) is 39.6 Å². The molecule has 0 aliphatic carbocycles. The van der Waals surface area contributed by atoms with E-state index in [1.807, 2.05) is 19.0 Å². The molecule has 2 rings (SSSR count). The number of methoxy groups -OCH3 is 1. The van der Waals surface area contributed by atoms with Crippen LogP contribution in [0.4, 0.5) is 11.5 Å². The van der Waals surface area contributed by atoms with Gasteiger partial charge in [0.25, 0.3) is 5.91 Å². The highest BCUT2D eigenvalue weighted by Crippen LogP contribution is 2.26. The molecule has 0 fully saturated rings. The van der Waals surface area contributed by atoms with Crippen LogP contribution in [0.3, 0.4) is 0 Å². The van der Waals surface area contributed by atoms with E-state index >= 15 is 0 Å². The third kappa shape index (κ3) is 5.40. The Hall–Kier alpha value is -2.71. The van der Waals surface area contributed by atoms with E-state index in [0.29, 0.717) is 28.6 Å². The predicted octanol–water partition coefficient (Wildman–Crippen LogP) is 1.95. The summed E-state index contributed by atoms with van der Waals surface area (Å²) in [6.45, 7) is 1.25. The molecule has 0 aliphatic rings. The number of likely N-dealkylation sites (N-methyl/N-ethyl adjacent to an activating group) is 1. The minimum Gasteiger partial charge on any atom is -0.465 e. The molecule has 8 nitrogen and oxygen atoms in total. The van der Waals surface area contributed by atoms with E-state index < -0.39 is 5.97 Å². The van der Waals surface area contributed by atoms with Crippen LogP contribution in [0, 0.1) is 0 Å². The lowest BCUT2D eigenvalue weighted by Crippen LogP contribution is -2.31. The summed E-state index contributed by atoms with van der Waals surface area (Å²) in [5.41, 5.74) is 1.04. The summed E-state index contributed by atoms with van der Waals surface area (Å²) in [5.74, 6) is -0.379. The monoisotopic (exact) mass is 377 g/mol. The second kappa shape index (κ2) is 9.12. The second-order valence-electron chi connectivity index (χ2n) is 5.66. The summed E-state index contributed by atoms with van der Waals surface area (Å²) in [4.78, 5) is 33.8. The number of benzene rings is 1. The lowest BCUT2D eigenvalue weighted by molar-refractivity contribution is 0.0600. The molecular formula is C17H20ClN5O3. The van der Waals surface area contributed by atoms with Crippen LogP contribution >= 0.6 is 11.6 Å². The fourth-order valence-electron chi connectivity index (χ4n) is 2.00. The average Bonchev–Trinajstić information content (AvgIpc) is 2.63. The van der Waals surface area contributed by atoms with Gasteiger partial charge in [-0.25, -0.2) is 14.8 Å². The van der Waals surface area contributed by atoms with Crippen molar-refractivity contribution >= 4 is 35.0 Å². The van der Waals surface area contributed by atoms with Crippen molar-refractivity contribution in [1.82, 2.24) is 20.2 Å². The van der Waals surface area contributed by atoms with E-state index in [-0.39, 0.29) is 11.6 Å². The number of ether oxygens (including phenoxy) is 1. The molecule has 138 valence electrons. The maximum absolute atomic E-state index is 12.0. The Balaban J connectivity index is 2.05. The highest BCUT2D eigenvalue weighted by Gasteiger charge is 2.11. The van der Waals surface area contributed by atoms with Gasteiger partial charge in [0.1, 0.15) is 11.5 Å². The molecule has 1 aromatic carbocycles. The SMILES string of the molecule is COC(=O)c1ccc(Cl)c(Nc2cnc(C(=O)NCCN(C)C)cn2)c1. The third-order valence-corrected chi connectivity index (χ3v) is 3.71. The number of hydrogen-bond donors (Lipinski definition) is 2. The number of hydrogen-bond acceptors (Lipinski definition) is 7. The van der Waals surface area contributed by atoms with Gasteiger partial charge >= 0.3 is 5.97 Å². The summed E-state index contributed by atoms with van der Waals surface area (Å²) >= 11 is 6.13. The zero-order valence-electron chi connectivity index (χ0n) is 14.7. The van der Waals surface area contributed by atoms with Gasteiger partial charge in [-0.3, -0.25) is 4.79 Å². The van der Waals surface area contributed by atoms with Crippen molar-refractivity contribution in [2.45, 2.75) is 0 Å². The van der Waals surface area contributed by atoms with Gasteiger partial charge < -0.3 is 20.3 Å². The van der Waals surface area contributed by atoms with Crippen molar-refractivity contribution in [2.24, 2.45) is 0 Å². The fraction of sp³-hybridized carbons (Fsp3) is 0.294. The summed E-state index contributed by atoms with van der Waals surface area (Å²) in [6.07, 6.45) is 2.79. The molecule has 1 aromatic heterocycles. The maximum Gasteiger partial charge on any atom is 0.337 e. The molecule has 0 radical (unpaired) electrons. The van der Waals surface area contributed by atoms with Crippen LogP contribution in [0.25, 0.3) is 0 Å². The second-order valence-corrected chi connectivity index (χ2v) is 6.06. The Morgan fingerprint density at radius 3 is 2.62 bits per heavy atom.